The summed E-state index contributed by atoms with van der Waals surface area (Å²) in [5.41, 5.74) is 0.662. The predicted octanol–water partition coefficient (Wildman–Crippen LogP) is 1.96. The van der Waals surface area contributed by atoms with Crippen molar-refractivity contribution >= 4 is 11.9 Å². The SMILES string of the molecule is CCOC(=O)C1CCC(NC(=NC)NCCc2noc(-c3ccccn3)n2)CC1. The van der Waals surface area contributed by atoms with Crippen LogP contribution in [0.1, 0.15) is 38.4 Å². The number of carbonyl (C=O) groups is 1. The van der Waals surface area contributed by atoms with E-state index >= 15 is 0 Å². The first-order chi connectivity index (χ1) is 14.2. The number of carbonyl (C=O) groups excluding carboxylic acids is 1. The van der Waals surface area contributed by atoms with Crippen LogP contribution in [-0.4, -0.2) is 53.3 Å². The molecule has 2 heterocycles. The molecule has 0 atom stereocenters. The summed E-state index contributed by atoms with van der Waals surface area (Å²) < 4.78 is 10.4. The predicted molar refractivity (Wildman–Crippen MR) is 108 cm³/mol. The number of hydrogen-bond acceptors (Lipinski definition) is 7. The van der Waals surface area contributed by atoms with Crippen LogP contribution in [0.5, 0.6) is 0 Å². The summed E-state index contributed by atoms with van der Waals surface area (Å²) in [6.45, 7) is 2.91. The second kappa shape index (κ2) is 10.5. The highest BCUT2D eigenvalue weighted by Crippen LogP contribution is 2.25. The molecule has 2 N–H and O–H groups in total. The number of esters is 1. The number of pyridine rings is 1. The van der Waals surface area contributed by atoms with E-state index in [2.05, 4.69) is 30.8 Å². The molecule has 1 fully saturated rings. The second-order valence-corrected chi connectivity index (χ2v) is 6.92. The monoisotopic (exact) mass is 400 g/mol. The van der Waals surface area contributed by atoms with Crippen molar-refractivity contribution in [2.24, 2.45) is 10.9 Å². The van der Waals surface area contributed by atoms with Crippen LogP contribution in [0.4, 0.5) is 0 Å². The molecular formula is C20H28N6O3. The third-order valence-corrected chi connectivity index (χ3v) is 4.90. The van der Waals surface area contributed by atoms with Gasteiger partial charge in [0.05, 0.1) is 12.5 Å². The average molecular weight is 400 g/mol. The first kappa shape index (κ1) is 20.8. The molecule has 0 amide bonds. The van der Waals surface area contributed by atoms with E-state index in [9.17, 15) is 4.79 Å². The maximum absolute atomic E-state index is 11.8. The van der Waals surface area contributed by atoms with Gasteiger partial charge in [-0.05, 0) is 44.7 Å². The van der Waals surface area contributed by atoms with E-state index in [4.69, 9.17) is 9.26 Å². The van der Waals surface area contributed by atoms with Crippen molar-refractivity contribution < 1.29 is 14.1 Å². The van der Waals surface area contributed by atoms with Gasteiger partial charge in [0.25, 0.3) is 5.89 Å². The Morgan fingerprint density at radius 3 is 2.83 bits per heavy atom. The number of ether oxygens (including phenoxy) is 1. The summed E-state index contributed by atoms with van der Waals surface area (Å²) in [5, 5.41) is 10.7. The van der Waals surface area contributed by atoms with Crippen LogP contribution >= 0.6 is 0 Å². The van der Waals surface area contributed by atoms with Crippen molar-refractivity contribution in [3.8, 4) is 11.6 Å². The summed E-state index contributed by atoms with van der Waals surface area (Å²) in [4.78, 5) is 24.7. The van der Waals surface area contributed by atoms with Gasteiger partial charge in [-0.2, -0.15) is 4.98 Å². The Kier molecular flexibility index (Phi) is 7.54. The minimum Gasteiger partial charge on any atom is -0.466 e. The Bertz CT molecular complexity index is 800. The zero-order valence-corrected chi connectivity index (χ0v) is 16.9. The van der Waals surface area contributed by atoms with Gasteiger partial charge in [0.1, 0.15) is 5.69 Å². The van der Waals surface area contributed by atoms with E-state index in [-0.39, 0.29) is 11.9 Å². The van der Waals surface area contributed by atoms with Gasteiger partial charge in [0.2, 0.25) is 0 Å². The van der Waals surface area contributed by atoms with Gasteiger partial charge in [-0.15, -0.1) is 0 Å². The van der Waals surface area contributed by atoms with Crippen LogP contribution in [-0.2, 0) is 16.0 Å². The zero-order chi connectivity index (χ0) is 20.5. The molecule has 3 rings (SSSR count). The lowest BCUT2D eigenvalue weighted by Crippen LogP contribution is -2.45. The fourth-order valence-electron chi connectivity index (χ4n) is 3.36. The Labute approximate surface area is 170 Å². The number of rotatable bonds is 7. The first-order valence-corrected chi connectivity index (χ1v) is 10.1. The largest absolute Gasteiger partial charge is 0.466 e. The van der Waals surface area contributed by atoms with Crippen molar-refractivity contribution in [2.75, 3.05) is 20.2 Å². The third kappa shape index (κ3) is 6.00. The lowest BCUT2D eigenvalue weighted by molar-refractivity contribution is -0.149. The van der Waals surface area contributed by atoms with Crippen molar-refractivity contribution in [1.29, 1.82) is 0 Å². The standard InChI is InChI=1S/C20H28N6O3/c1-3-28-19(27)14-7-9-15(10-8-14)24-20(21-2)23-13-11-17-25-18(29-26-17)16-6-4-5-12-22-16/h4-6,12,14-15H,3,7-11,13H2,1-2H3,(H2,21,23,24). The van der Waals surface area contributed by atoms with E-state index < -0.39 is 0 Å². The molecular weight excluding hydrogens is 372 g/mol. The van der Waals surface area contributed by atoms with Gasteiger partial charge in [0.15, 0.2) is 11.8 Å². The lowest BCUT2D eigenvalue weighted by Gasteiger charge is -2.29. The highest BCUT2D eigenvalue weighted by molar-refractivity contribution is 5.80. The Morgan fingerprint density at radius 2 is 2.14 bits per heavy atom. The van der Waals surface area contributed by atoms with Gasteiger partial charge in [-0.25, -0.2) is 0 Å². The molecule has 0 bridgehead atoms. The number of nitrogens with one attached hydrogen (secondary N) is 2. The number of nitrogens with zero attached hydrogens (tertiary/aromatic N) is 4. The fraction of sp³-hybridized carbons (Fsp3) is 0.550. The fourth-order valence-corrected chi connectivity index (χ4v) is 3.36. The molecule has 156 valence electrons. The minimum atomic E-state index is -0.0707. The van der Waals surface area contributed by atoms with Crippen molar-refractivity contribution in [3.63, 3.8) is 0 Å². The van der Waals surface area contributed by atoms with E-state index in [1.54, 1.807) is 13.2 Å². The summed E-state index contributed by atoms with van der Waals surface area (Å²) in [7, 11) is 1.74. The van der Waals surface area contributed by atoms with Gasteiger partial charge in [0, 0.05) is 32.3 Å². The Balaban J connectivity index is 1.40. The van der Waals surface area contributed by atoms with Gasteiger partial charge in [-0.3, -0.25) is 14.8 Å². The van der Waals surface area contributed by atoms with Crippen molar-refractivity contribution in [1.82, 2.24) is 25.8 Å². The molecule has 9 heteroatoms. The lowest BCUT2D eigenvalue weighted by atomic mass is 9.86. The smallest absolute Gasteiger partial charge is 0.308 e. The molecule has 0 spiro atoms. The second-order valence-electron chi connectivity index (χ2n) is 6.92. The third-order valence-electron chi connectivity index (χ3n) is 4.90. The average Bonchev–Trinajstić information content (AvgIpc) is 3.23. The molecule has 1 saturated carbocycles. The molecule has 2 aromatic heterocycles. The molecule has 1 aliphatic carbocycles. The first-order valence-electron chi connectivity index (χ1n) is 10.1. The molecule has 0 aromatic carbocycles. The van der Waals surface area contributed by atoms with Crippen molar-refractivity contribution in [3.05, 3.63) is 30.2 Å². The molecule has 0 radical (unpaired) electrons. The number of aromatic nitrogens is 3. The van der Waals surface area contributed by atoms with Gasteiger partial charge < -0.3 is 19.9 Å². The summed E-state index contributed by atoms with van der Waals surface area (Å²) in [5.74, 6) is 1.72. The summed E-state index contributed by atoms with van der Waals surface area (Å²) in [6.07, 6.45) is 5.81. The molecule has 1 aliphatic rings. The maximum Gasteiger partial charge on any atom is 0.308 e. The number of aliphatic imine (C=N–C) groups is 1. The maximum atomic E-state index is 11.8. The highest BCUT2D eigenvalue weighted by atomic mass is 16.5. The molecule has 0 aliphatic heterocycles. The number of hydrogen-bond donors (Lipinski definition) is 2. The quantitative estimate of drug-likeness (QED) is 0.412. The topological polar surface area (TPSA) is 115 Å². The van der Waals surface area contributed by atoms with Crippen LogP contribution < -0.4 is 10.6 Å². The highest BCUT2D eigenvalue weighted by Gasteiger charge is 2.27. The van der Waals surface area contributed by atoms with E-state index in [0.717, 1.165) is 31.6 Å². The van der Waals surface area contributed by atoms with Crippen LogP contribution in [0.3, 0.4) is 0 Å². The molecule has 2 aromatic rings. The van der Waals surface area contributed by atoms with Crippen molar-refractivity contribution in [2.45, 2.75) is 45.1 Å². The Hall–Kier alpha value is -2.97. The molecule has 29 heavy (non-hydrogen) atoms. The Morgan fingerprint density at radius 1 is 1.31 bits per heavy atom. The van der Waals surface area contributed by atoms with Crippen LogP contribution in [0.25, 0.3) is 11.6 Å². The van der Waals surface area contributed by atoms with Crippen LogP contribution in [0.15, 0.2) is 33.9 Å². The normalized spacial score (nSPS) is 19.6. The van der Waals surface area contributed by atoms with Gasteiger partial charge >= 0.3 is 5.97 Å². The van der Waals surface area contributed by atoms with Crippen LogP contribution in [0.2, 0.25) is 0 Å². The van der Waals surface area contributed by atoms with E-state index in [0.29, 0.717) is 43.0 Å². The molecule has 0 unspecified atom stereocenters. The van der Waals surface area contributed by atoms with E-state index in [1.165, 1.54) is 0 Å². The zero-order valence-electron chi connectivity index (χ0n) is 16.9. The summed E-state index contributed by atoms with van der Waals surface area (Å²) in [6, 6.07) is 5.85. The van der Waals surface area contributed by atoms with Gasteiger partial charge in [-0.1, -0.05) is 11.2 Å². The number of guanidine groups is 1. The molecule has 0 saturated heterocycles. The summed E-state index contributed by atoms with van der Waals surface area (Å²) >= 11 is 0. The molecule has 9 nitrogen and oxygen atoms in total. The van der Waals surface area contributed by atoms with E-state index in [1.807, 2.05) is 25.1 Å². The van der Waals surface area contributed by atoms with Crippen LogP contribution in [0, 0.1) is 5.92 Å². The minimum absolute atomic E-state index is 0.0227.